The maximum absolute atomic E-state index is 8.33. The van der Waals surface area contributed by atoms with Crippen molar-refractivity contribution in [2.45, 2.75) is 6.61 Å². The van der Waals surface area contributed by atoms with E-state index in [1.54, 1.807) is 0 Å². The van der Waals surface area contributed by atoms with Crippen LogP contribution in [0, 0.1) is 0 Å². The van der Waals surface area contributed by atoms with E-state index < -0.39 is 0 Å². The fourth-order valence-corrected chi connectivity index (χ4v) is 1.17. The van der Waals surface area contributed by atoms with Crippen LogP contribution in [-0.2, 0) is 20.8 Å². The molecule has 0 radical (unpaired) electrons. The summed E-state index contributed by atoms with van der Waals surface area (Å²) in [5, 5.41) is 8.33. The minimum Gasteiger partial charge on any atom is -0.377 e. The zero-order chi connectivity index (χ0) is 11.5. The Morgan fingerprint density at radius 3 is 2.12 bits per heavy atom. The molecule has 0 unspecified atom stereocenters. The second-order valence-electron chi connectivity index (χ2n) is 3.19. The van der Waals surface area contributed by atoms with Gasteiger partial charge >= 0.3 is 0 Å². The van der Waals surface area contributed by atoms with Gasteiger partial charge in [0.05, 0.1) is 33.0 Å². The molecule has 0 amide bonds. The molecule has 0 saturated heterocycles. The minimum atomic E-state index is -0.256. The topological polar surface area (TPSA) is 47.9 Å². The number of rotatable bonds is 9. The van der Waals surface area contributed by atoms with Crippen molar-refractivity contribution < 1.29 is 19.3 Å². The van der Waals surface area contributed by atoms with Crippen LogP contribution in [0.4, 0.5) is 0 Å². The van der Waals surface area contributed by atoms with Crippen molar-refractivity contribution >= 4 is 0 Å². The summed E-state index contributed by atoms with van der Waals surface area (Å²) in [5.41, 5.74) is 1.16. The van der Waals surface area contributed by atoms with E-state index in [0.29, 0.717) is 33.0 Å². The van der Waals surface area contributed by atoms with Crippen molar-refractivity contribution in [1.82, 2.24) is 0 Å². The normalized spacial score (nSPS) is 10.6. The van der Waals surface area contributed by atoms with E-state index in [-0.39, 0.29) is 6.79 Å². The molecule has 4 heteroatoms. The standard InChI is InChI=1S/C12H18O4/c13-11-16-9-7-14-6-8-15-10-12-4-2-1-3-5-12/h1-5,13H,6-11H2. The maximum Gasteiger partial charge on any atom is 0.143 e. The van der Waals surface area contributed by atoms with Crippen molar-refractivity contribution in [3.8, 4) is 0 Å². The number of aliphatic hydroxyl groups excluding tert-OH is 1. The molecule has 0 heterocycles. The first-order chi connectivity index (χ1) is 7.93. The highest BCUT2D eigenvalue weighted by atomic mass is 16.6. The van der Waals surface area contributed by atoms with Crippen LogP contribution in [0.5, 0.6) is 0 Å². The molecule has 0 aliphatic rings. The molecule has 0 spiro atoms. The first kappa shape index (κ1) is 13.1. The van der Waals surface area contributed by atoms with E-state index in [1.165, 1.54) is 0 Å². The SMILES string of the molecule is OCOCCOCCOCc1ccccc1. The summed E-state index contributed by atoms with van der Waals surface area (Å²) >= 11 is 0. The summed E-state index contributed by atoms with van der Waals surface area (Å²) in [6.45, 7) is 2.35. The van der Waals surface area contributed by atoms with Gasteiger partial charge < -0.3 is 19.3 Å². The van der Waals surface area contributed by atoms with Crippen LogP contribution < -0.4 is 0 Å². The van der Waals surface area contributed by atoms with E-state index in [0.717, 1.165) is 5.56 Å². The second-order valence-corrected chi connectivity index (χ2v) is 3.19. The van der Waals surface area contributed by atoms with E-state index in [1.807, 2.05) is 30.3 Å². The van der Waals surface area contributed by atoms with Crippen molar-refractivity contribution in [1.29, 1.82) is 0 Å². The molecule has 0 aliphatic heterocycles. The molecule has 0 atom stereocenters. The Labute approximate surface area is 95.8 Å². The first-order valence-electron chi connectivity index (χ1n) is 5.31. The van der Waals surface area contributed by atoms with Crippen LogP contribution in [0.25, 0.3) is 0 Å². The number of hydrogen-bond acceptors (Lipinski definition) is 4. The van der Waals surface area contributed by atoms with Gasteiger partial charge in [0.1, 0.15) is 6.79 Å². The fraction of sp³-hybridized carbons (Fsp3) is 0.500. The van der Waals surface area contributed by atoms with E-state index >= 15 is 0 Å². The summed E-state index contributed by atoms with van der Waals surface area (Å²) in [7, 11) is 0. The molecular formula is C12H18O4. The number of ether oxygens (including phenoxy) is 3. The van der Waals surface area contributed by atoms with Crippen molar-refractivity contribution in [3.05, 3.63) is 35.9 Å². The van der Waals surface area contributed by atoms with Crippen molar-refractivity contribution in [3.63, 3.8) is 0 Å². The quantitative estimate of drug-likeness (QED) is 0.507. The van der Waals surface area contributed by atoms with Gasteiger partial charge in [-0.25, -0.2) is 0 Å². The molecule has 16 heavy (non-hydrogen) atoms. The predicted molar refractivity (Wildman–Crippen MR) is 60.0 cm³/mol. The van der Waals surface area contributed by atoms with Gasteiger partial charge in [0.2, 0.25) is 0 Å². The summed E-state index contributed by atoms with van der Waals surface area (Å²) in [4.78, 5) is 0. The highest BCUT2D eigenvalue weighted by Gasteiger charge is 1.92. The lowest BCUT2D eigenvalue weighted by Gasteiger charge is -2.05. The van der Waals surface area contributed by atoms with Gasteiger partial charge in [-0.15, -0.1) is 0 Å². The molecule has 1 aromatic carbocycles. The van der Waals surface area contributed by atoms with Gasteiger partial charge in [0.25, 0.3) is 0 Å². The summed E-state index contributed by atoms with van der Waals surface area (Å²) in [5.74, 6) is 0. The van der Waals surface area contributed by atoms with E-state index in [2.05, 4.69) is 0 Å². The third-order valence-electron chi connectivity index (χ3n) is 1.95. The molecule has 90 valence electrons. The van der Waals surface area contributed by atoms with Crippen molar-refractivity contribution in [2.75, 3.05) is 33.2 Å². The van der Waals surface area contributed by atoms with Crippen LogP contribution in [0.3, 0.4) is 0 Å². The smallest absolute Gasteiger partial charge is 0.143 e. The molecule has 0 bridgehead atoms. The average molecular weight is 226 g/mol. The Balaban J connectivity index is 1.89. The third-order valence-corrected chi connectivity index (χ3v) is 1.95. The van der Waals surface area contributed by atoms with E-state index in [9.17, 15) is 0 Å². The fourth-order valence-electron chi connectivity index (χ4n) is 1.17. The molecule has 0 aromatic heterocycles. The Kier molecular flexibility index (Phi) is 7.63. The molecule has 0 aliphatic carbocycles. The highest BCUT2D eigenvalue weighted by molar-refractivity contribution is 5.13. The van der Waals surface area contributed by atoms with Crippen LogP contribution in [0.1, 0.15) is 5.56 Å². The average Bonchev–Trinajstić information content (AvgIpc) is 2.34. The predicted octanol–water partition coefficient (Wildman–Crippen LogP) is 1.19. The molecule has 4 nitrogen and oxygen atoms in total. The van der Waals surface area contributed by atoms with Gasteiger partial charge in [-0.2, -0.15) is 0 Å². The molecule has 0 saturated carbocycles. The molecule has 0 fully saturated rings. The number of benzene rings is 1. The number of hydrogen-bond donors (Lipinski definition) is 1. The molecule has 1 aromatic rings. The monoisotopic (exact) mass is 226 g/mol. The Morgan fingerprint density at radius 1 is 0.812 bits per heavy atom. The van der Waals surface area contributed by atoms with Gasteiger partial charge in [0, 0.05) is 0 Å². The highest BCUT2D eigenvalue weighted by Crippen LogP contribution is 1.99. The van der Waals surface area contributed by atoms with E-state index in [4.69, 9.17) is 19.3 Å². The Bertz CT molecular complexity index is 250. The molecule has 1 N–H and O–H groups in total. The zero-order valence-corrected chi connectivity index (χ0v) is 9.30. The lowest BCUT2D eigenvalue weighted by Crippen LogP contribution is -2.09. The lowest BCUT2D eigenvalue weighted by atomic mass is 10.2. The van der Waals surface area contributed by atoms with Crippen LogP contribution in [-0.4, -0.2) is 38.3 Å². The summed E-state index contributed by atoms with van der Waals surface area (Å²) in [6, 6.07) is 10.0. The van der Waals surface area contributed by atoms with Gasteiger partial charge in [-0.05, 0) is 5.56 Å². The number of aliphatic hydroxyl groups is 1. The molecule has 1 rings (SSSR count). The minimum absolute atomic E-state index is 0.256. The van der Waals surface area contributed by atoms with Gasteiger partial charge in [-0.1, -0.05) is 30.3 Å². The third kappa shape index (κ3) is 6.53. The van der Waals surface area contributed by atoms with Crippen LogP contribution in [0.15, 0.2) is 30.3 Å². The van der Waals surface area contributed by atoms with Crippen LogP contribution >= 0.6 is 0 Å². The first-order valence-corrected chi connectivity index (χ1v) is 5.31. The lowest BCUT2D eigenvalue weighted by molar-refractivity contribution is -0.0376. The van der Waals surface area contributed by atoms with Crippen LogP contribution in [0.2, 0.25) is 0 Å². The maximum atomic E-state index is 8.33. The zero-order valence-electron chi connectivity index (χ0n) is 9.30. The van der Waals surface area contributed by atoms with Gasteiger partial charge in [0.15, 0.2) is 0 Å². The Hall–Kier alpha value is -0.940. The largest absolute Gasteiger partial charge is 0.377 e. The molecular weight excluding hydrogens is 208 g/mol. The van der Waals surface area contributed by atoms with Crippen molar-refractivity contribution in [2.24, 2.45) is 0 Å². The summed E-state index contributed by atoms with van der Waals surface area (Å²) in [6.07, 6.45) is 0. The second kappa shape index (κ2) is 9.30. The summed E-state index contributed by atoms with van der Waals surface area (Å²) < 4.78 is 15.3. The van der Waals surface area contributed by atoms with Gasteiger partial charge in [-0.3, -0.25) is 0 Å². The Morgan fingerprint density at radius 2 is 1.44 bits per heavy atom.